The van der Waals surface area contributed by atoms with Gasteiger partial charge in [0.05, 0.1) is 11.8 Å². The van der Waals surface area contributed by atoms with Gasteiger partial charge in [-0.15, -0.1) is 16.8 Å². The molecule has 0 bridgehead atoms. The van der Waals surface area contributed by atoms with Crippen molar-refractivity contribution in [2.24, 2.45) is 0 Å². The molecule has 0 aliphatic rings. The molecule has 1 N–H and O–H groups in total. The van der Waals surface area contributed by atoms with Crippen molar-refractivity contribution in [3.05, 3.63) is 73.1 Å². The van der Waals surface area contributed by atoms with Gasteiger partial charge in [-0.1, -0.05) is 48.2 Å². The number of allylic oxidation sites excluding steroid dienone is 1. The van der Waals surface area contributed by atoms with Crippen molar-refractivity contribution in [2.45, 2.75) is 24.7 Å². The normalized spacial score (nSPS) is 11.7. The van der Waals surface area contributed by atoms with Gasteiger partial charge in [-0.25, -0.2) is 0 Å². The van der Waals surface area contributed by atoms with E-state index < -0.39 is 0 Å². The number of nitrogens with one attached hydrogen (secondary N) is 1. The van der Waals surface area contributed by atoms with E-state index in [0.717, 1.165) is 17.0 Å². The van der Waals surface area contributed by atoms with Crippen molar-refractivity contribution in [1.82, 2.24) is 25.1 Å². The molecule has 1 amide bonds. The smallest absolute Gasteiger partial charge is 0.230 e. The molecule has 27 heavy (non-hydrogen) atoms. The Balaban J connectivity index is 1.66. The highest BCUT2D eigenvalue weighted by Gasteiger charge is 2.16. The summed E-state index contributed by atoms with van der Waals surface area (Å²) >= 11 is 1.36. The number of aromatic nitrogens is 4. The van der Waals surface area contributed by atoms with Crippen molar-refractivity contribution in [3.8, 4) is 11.4 Å². The molecular weight excluding hydrogens is 358 g/mol. The zero-order valence-corrected chi connectivity index (χ0v) is 15.9. The van der Waals surface area contributed by atoms with Gasteiger partial charge in [0.15, 0.2) is 11.0 Å². The minimum Gasteiger partial charge on any atom is -0.349 e. The van der Waals surface area contributed by atoms with Crippen LogP contribution in [0.15, 0.2) is 72.7 Å². The van der Waals surface area contributed by atoms with Crippen LogP contribution in [-0.2, 0) is 11.3 Å². The van der Waals surface area contributed by atoms with Crippen molar-refractivity contribution in [2.75, 3.05) is 5.75 Å². The fourth-order valence-corrected chi connectivity index (χ4v) is 3.40. The summed E-state index contributed by atoms with van der Waals surface area (Å²) in [4.78, 5) is 16.4. The molecule has 138 valence electrons. The fraction of sp³-hybridized carbons (Fsp3) is 0.200. The highest BCUT2D eigenvalue weighted by Crippen LogP contribution is 2.23. The van der Waals surface area contributed by atoms with Gasteiger partial charge in [-0.2, -0.15) is 0 Å². The summed E-state index contributed by atoms with van der Waals surface area (Å²) in [7, 11) is 0. The van der Waals surface area contributed by atoms with Gasteiger partial charge in [0.2, 0.25) is 5.91 Å². The molecule has 3 aromatic rings. The monoisotopic (exact) mass is 379 g/mol. The molecule has 0 saturated heterocycles. The third-order valence-corrected chi connectivity index (χ3v) is 4.94. The molecule has 7 heteroatoms. The summed E-state index contributed by atoms with van der Waals surface area (Å²) in [6.45, 7) is 6.34. The van der Waals surface area contributed by atoms with E-state index in [9.17, 15) is 4.79 Å². The first-order valence-corrected chi connectivity index (χ1v) is 9.59. The van der Waals surface area contributed by atoms with E-state index in [1.807, 2.05) is 54.0 Å². The number of pyridine rings is 1. The van der Waals surface area contributed by atoms with Crippen molar-refractivity contribution < 1.29 is 4.79 Å². The number of benzene rings is 1. The summed E-state index contributed by atoms with van der Waals surface area (Å²) in [6, 6.07) is 13.6. The van der Waals surface area contributed by atoms with Gasteiger partial charge in [0.1, 0.15) is 0 Å². The van der Waals surface area contributed by atoms with Crippen LogP contribution in [0.3, 0.4) is 0 Å². The van der Waals surface area contributed by atoms with Crippen molar-refractivity contribution >= 4 is 17.7 Å². The molecule has 0 fully saturated rings. The largest absolute Gasteiger partial charge is 0.349 e. The van der Waals surface area contributed by atoms with Crippen LogP contribution in [0, 0.1) is 0 Å². The molecule has 0 spiro atoms. The topological polar surface area (TPSA) is 72.7 Å². The van der Waals surface area contributed by atoms with E-state index in [2.05, 4.69) is 27.1 Å². The Labute approximate surface area is 162 Å². The lowest BCUT2D eigenvalue weighted by atomic mass is 10.1. The minimum atomic E-state index is -0.0463. The SMILES string of the molecule is C=CCn1c(SCC(=O)NC(C)c2ccccc2)nnc1-c1ccncc1. The van der Waals surface area contributed by atoms with Crippen LogP contribution in [0.2, 0.25) is 0 Å². The highest BCUT2D eigenvalue weighted by molar-refractivity contribution is 7.99. The number of hydrogen-bond donors (Lipinski definition) is 1. The minimum absolute atomic E-state index is 0.0438. The maximum Gasteiger partial charge on any atom is 0.230 e. The van der Waals surface area contributed by atoms with Gasteiger partial charge < -0.3 is 5.32 Å². The quantitative estimate of drug-likeness (QED) is 0.479. The van der Waals surface area contributed by atoms with Gasteiger partial charge in [-0.3, -0.25) is 14.3 Å². The molecule has 0 aliphatic heterocycles. The van der Waals surface area contributed by atoms with E-state index in [1.165, 1.54) is 11.8 Å². The number of carbonyl (C=O) groups excluding carboxylic acids is 1. The summed E-state index contributed by atoms with van der Waals surface area (Å²) in [6.07, 6.45) is 5.22. The van der Waals surface area contributed by atoms with Gasteiger partial charge >= 0.3 is 0 Å². The van der Waals surface area contributed by atoms with Gasteiger partial charge in [0, 0.05) is 24.5 Å². The lowest BCUT2D eigenvalue weighted by Crippen LogP contribution is -2.28. The Morgan fingerprint density at radius 3 is 2.67 bits per heavy atom. The molecule has 2 aromatic heterocycles. The maximum atomic E-state index is 12.3. The Morgan fingerprint density at radius 2 is 1.96 bits per heavy atom. The third-order valence-electron chi connectivity index (χ3n) is 3.98. The van der Waals surface area contributed by atoms with E-state index in [-0.39, 0.29) is 17.7 Å². The van der Waals surface area contributed by atoms with Crippen LogP contribution < -0.4 is 5.32 Å². The van der Waals surface area contributed by atoms with E-state index in [4.69, 9.17) is 0 Å². The molecule has 3 rings (SSSR count). The summed E-state index contributed by atoms with van der Waals surface area (Å²) in [5.74, 6) is 0.954. The molecule has 0 radical (unpaired) electrons. The predicted octanol–water partition coefficient (Wildman–Crippen LogP) is 3.50. The van der Waals surface area contributed by atoms with E-state index in [0.29, 0.717) is 11.7 Å². The van der Waals surface area contributed by atoms with Crippen LogP contribution in [0.25, 0.3) is 11.4 Å². The Morgan fingerprint density at radius 1 is 1.22 bits per heavy atom. The zero-order chi connectivity index (χ0) is 19.1. The number of thioether (sulfide) groups is 1. The third kappa shape index (κ3) is 4.83. The van der Waals surface area contributed by atoms with Crippen molar-refractivity contribution in [1.29, 1.82) is 0 Å². The predicted molar refractivity (Wildman–Crippen MR) is 107 cm³/mol. The highest BCUT2D eigenvalue weighted by atomic mass is 32.2. The number of nitrogens with zero attached hydrogens (tertiary/aromatic N) is 4. The Bertz CT molecular complexity index is 895. The fourth-order valence-electron chi connectivity index (χ4n) is 2.64. The number of hydrogen-bond acceptors (Lipinski definition) is 5. The second kappa shape index (κ2) is 9.14. The Kier molecular flexibility index (Phi) is 6.38. The van der Waals surface area contributed by atoms with Crippen LogP contribution in [-0.4, -0.2) is 31.4 Å². The molecule has 0 saturated carbocycles. The molecule has 1 aromatic carbocycles. The number of amides is 1. The van der Waals surface area contributed by atoms with Crippen LogP contribution in [0.4, 0.5) is 0 Å². The second-order valence-corrected chi connectivity index (χ2v) is 6.87. The molecule has 0 aliphatic carbocycles. The molecule has 1 atom stereocenters. The molecule has 6 nitrogen and oxygen atoms in total. The molecular formula is C20H21N5OS. The average Bonchev–Trinajstić information content (AvgIpc) is 3.10. The summed E-state index contributed by atoms with van der Waals surface area (Å²) < 4.78 is 1.95. The summed E-state index contributed by atoms with van der Waals surface area (Å²) in [5.41, 5.74) is 2.00. The van der Waals surface area contributed by atoms with E-state index in [1.54, 1.807) is 18.5 Å². The maximum absolute atomic E-state index is 12.3. The first kappa shape index (κ1) is 18.8. The van der Waals surface area contributed by atoms with Gasteiger partial charge in [-0.05, 0) is 24.6 Å². The number of carbonyl (C=O) groups is 1. The van der Waals surface area contributed by atoms with Crippen LogP contribution in [0.1, 0.15) is 18.5 Å². The summed E-state index contributed by atoms with van der Waals surface area (Å²) in [5, 5.41) is 12.2. The molecule has 1 unspecified atom stereocenters. The van der Waals surface area contributed by atoms with Gasteiger partial charge in [0.25, 0.3) is 0 Å². The van der Waals surface area contributed by atoms with Crippen molar-refractivity contribution in [3.63, 3.8) is 0 Å². The standard InChI is InChI=1S/C20H21N5OS/c1-3-13-25-19(17-9-11-21-12-10-17)23-24-20(25)27-14-18(26)22-15(2)16-7-5-4-6-8-16/h3-12,15H,1,13-14H2,2H3,(H,22,26). The van der Waals surface area contributed by atoms with Crippen LogP contribution in [0.5, 0.6) is 0 Å². The Hall–Kier alpha value is -2.93. The lowest BCUT2D eigenvalue weighted by Gasteiger charge is -2.14. The first-order chi connectivity index (χ1) is 13.2. The average molecular weight is 379 g/mol. The second-order valence-electron chi connectivity index (χ2n) is 5.93. The molecule has 2 heterocycles. The first-order valence-electron chi connectivity index (χ1n) is 8.60. The van der Waals surface area contributed by atoms with E-state index >= 15 is 0 Å². The van der Waals surface area contributed by atoms with Crippen LogP contribution >= 0.6 is 11.8 Å². The number of rotatable bonds is 8. The lowest BCUT2D eigenvalue weighted by molar-refractivity contribution is -0.119. The zero-order valence-electron chi connectivity index (χ0n) is 15.1.